The van der Waals surface area contributed by atoms with E-state index in [4.69, 9.17) is 9.47 Å². The molecule has 0 fully saturated rings. The van der Waals surface area contributed by atoms with Gasteiger partial charge in [0.2, 0.25) is 0 Å². The predicted molar refractivity (Wildman–Crippen MR) is 226 cm³/mol. The number of benzene rings is 3. The third-order valence-corrected chi connectivity index (χ3v) is 10.2. The zero-order valence-corrected chi connectivity index (χ0v) is 34.2. The zero-order chi connectivity index (χ0) is 35.5. The normalized spacial score (nSPS) is 12.9. The largest absolute Gasteiger partial charge is 0.488 e. The van der Waals surface area contributed by atoms with E-state index in [1.165, 1.54) is 22.3 Å². The van der Waals surface area contributed by atoms with E-state index in [1.807, 2.05) is 48.6 Å². The number of hydrogen-bond donors (Lipinski definition) is 0. The second-order valence-electron chi connectivity index (χ2n) is 11.2. The SMILES string of the molecule is C=C/C=C/COc1cc(Br)c(OC/C=C/C=C)cc1Br.C=C/C=C\CCCC1(CCC/C=C\C=C)c2cc(Br)ccc2-c2ccc(Br)cc21. The topological polar surface area (TPSA) is 18.5 Å². The van der Waals surface area contributed by atoms with E-state index in [-0.39, 0.29) is 5.41 Å². The maximum absolute atomic E-state index is 5.62. The van der Waals surface area contributed by atoms with E-state index < -0.39 is 0 Å². The van der Waals surface area contributed by atoms with Crippen LogP contribution in [0.3, 0.4) is 0 Å². The Labute approximate surface area is 327 Å². The van der Waals surface area contributed by atoms with Crippen LogP contribution < -0.4 is 9.47 Å². The Morgan fingerprint density at radius 2 is 0.918 bits per heavy atom. The Hall–Kier alpha value is -2.90. The smallest absolute Gasteiger partial charge is 0.135 e. The van der Waals surface area contributed by atoms with Gasteiger partial charge >= 0.3 is 0 Å². The fourth-order valence-electron chi connectivity index (χ4n) is 5.84. The minimum atomic E-state index is 0.0578. The van der Waals surface area contributed by atoms with Crippen molar-refractivity contribution in [2.24, 2.45) is 0 Å². The molecule has 0 heterocycles. The van der Waals surface area contributed by atoms with Crippen LogP contribution in [0.2, 0.25) is 0 Å². The van der Waals surface area contributed by atoms with Crippen molar-refractivity contribution in [2.45, 2.75) is 43.9 Å². The van der Waals surface area contributed by atoms with Gasteiger partial charge in [-0.2, -0.15) is 0 Å². The summed E-state index contributed by atoms with van der Waals surface area (Å²) in [6, 6.07) is 17.3. The van der Waals surface area contributed by atoms with Crippen molar-refractivity contribution in [3.8, 4) is 22.6 Å². The van der Waals surface area contributed by atoms with Crippen molar-refractivity contribution in [2.75, 3.05) is 13.2 Å². The van der Waals surface area contributed by atoms with Crippen LogP contribution in [0, 0.1) is 0 Å². The summed E-state index contributed by atoms with van der Waals surface area (Å²) < 4.78 is 15.2. The molecule has 0 atom stereocenters. The Morgan fingerprint density at radius 3 is 1.31 bits per heavy atom. The lowest BCUT2D eigenvalue weighted by Crippen LogP contribution is -2.25. The van der Waals surface area contributed by atoms with Crippen LogP contribution in [0.25, 0.3) is 11.1 Å². The minimum absolute atomic E-state index is 0.0578. The van der Waals surface area contributed by atoms with Crippen molar-refractivity contribution in [1.82, 2.24) is 0 Å². The number of ether oxygens (including phenoxy) is 2. The molecule has 0 aromatic heterocycles. The van der Waals surface area contributed by atoms with E-state index in [1.54, 1.807) is 12.2 Å². The third-order valence-electron chi connectivity index (χ3n) is 7.98. The molecule has 0 saturated heterocycles. The summed E-state index contributed by atoms with van der Waals surface area (Å²) in [7, 11) is 0. The van der Waals surface area contributed by atoms with Gasteiger partial charge in [-0.25, -0.2) is 0 Å². The lowest BCUT2D eigenvalue weighted by atomic mass is 9.71. The van der Waals surface area contributed by atoms with E-state index >= 15 is 0 Å². The van der Waals surface area contributed by atoms with Gasteiger partial charge in [-0.3, -0.25) is 0 Å². The number of unbranched alkanes of at least 4 members (excludes halogenated alkanes) is 2. The molecule has 1 aliphatic carbocycles. The lowest BCUT2D eigenvalue weighted by Gasteiger charge is -2.33. The average Bonchev–Trinajstić information content (AvgIpc) is 3.34. The highest BCUT2D eigenvalue weighted by Gasteiger charge is 2.42. The molecule has 0 aliphatic heterocycles. The molecule has 0 saturated carbocycles. The van der Waals surface area contributed by atoms with Crippen molar-refractivity contribution in [1.29, 1.82) is 0 Å². The van der Waals surface area contributed by atoms with Crippen LogP contribution in [-0.2, 0) is 5.41 Å². The van der Waals surface area contributed by atoms with Crippen molar-refractivity contribution in [3.05, 3.63) is 177 Å². The number of rotatable bonds is 18. The summed E-state index contributed by atoms with van der Waals surface area (Å²) in [5.41, 5.74) is 5.78. The van der Waals surface area contributed by atoms with Crippen molar-refractivity contribution >= 4 is 63.7 Å². The molecule has 0 spiro atoms. The standard InChI is InChI=1S/C27H28Br2.C16H16Br2O2/c1-3-5-7-9-11-17-27(18-12-10-8-6-4-2)25-19-21(28)13-15-23(25)24-16-14-22(29)20-26(24)27;1-3-5-7-9-19-15-11-14(18)16(12-13(15)17)20-10-8-6-4-2/h3-8,13-16,19-20H,1-2,9-12,17-18H2;3-8,11-12H,1-2,9-10H2/b7-5-,8-6-;7-5+,8-6+. The first-order valence-electron chi connectivity index (χ1n) is 16.3. The van der Waals surface area contributed by atoms with Crippen molar-refractivity contribution < 1.29 is 9.47 Å². The Bertz CT molecular complexity index is 1570. The van der Waals surface area contributed by atoms with Gasteiger partial charge in [0.15, 0.2) is 0 Å². The van der Waals surface area contributed by atoms with Gasteiger partial charge < -0.3 is 9.47 Å². The molecule has 49 heavy (non-hydrogen) atoms. The molecule has 0 amide bonds. The van der Waals surface area contributed by atoms with Gasteiger partial charge in [0.05, 0.1) is 8.95 Å². The first kappa shape index (κ1) is 40.5. The highest BCUT2D eigenvalue weighted by Crippen LogP contribution is 2.55. The fourth-order valence-corrected chi connectivity index (χ4v) is 7.44. The number of fused-ring (bicyclic) bond motifs is 3. The van der Waals surface area contributed by atoms with E-state index in [9.17, 15) is 0 Å². The number of hydrogen-bond acceptors (Lipinski definition) is 2. The van der Waals surface area contributed by atoms with Gasteiger partial charge in [-0.05, 0) is 141 Å². The number of halogens is 4. The Kier molecular flexibility index (Phi) is 18.2. The monoisotopic (exact) mass is 908 g/mol. The van der Waals surface area contributed by atoms with Crippen LogP contribution >= 0.6 is 63.7 Å². The average molecular weight is 912 g/mol. The summed E-state index contributed by atoms with van der Waals surface area (Å²) in [5.74, 6) is 1.50. The van der Waals surface area contributed by atoms with Gasteiger partial charge in [0, 0.05) is 14.4 Å². The molecule has 0 unspecified atom stereocenters. The molecular weight excluding hydrogens is 868 g/mol. The quantitative estimate of drug-likeness (QED) is 0.0935. The summed E-state index contributed by atoms with van der Waals surface area (Å²) in [4.78, 5) is 0. The molecular formula is C43H44Br4O2. The highest BCUT2D eigenvalue weighted by atomic mass is 79.9. The molecule has 3 aromatic rings. The molecule has 0 bridgehead atoms. The maximum atomic E-state index is 5.62. The molecule has 4 rings (SSSR count). The van der Waals surface area contributed by atoms with Crippen LogP contribution in [0.5, 0.6) is 11.5 Å². The van der Waals surface area contributed by atoms with Gasteiger partial charge in [0.25, 0.3) is 0 Å². The van der Waals surface area contributed by atoms with Crippen molar-refractivity contribution in [3.63, 3.8) is 0 Å². The summed E-state index contributed by atoms with van der Waals surface area (Å²) in [6.07, 6.45) is 29.9. The zero-order valence-electron chi connectivity index (χ0n) is 27.9. The minimum Gasteiger partial charge on any atom is -0.488 e. The first-order valence-corrected chi connectivity index (χ1v) is 19.4. The second-order valence-corrected chi connectivity index (χ2v) is 14.8. The summed E-state index contributed by atoms with van der Waals surface area (Å²) in [5, 5.41) is 0. The van der Waals surface area contributed by atoms with Gasteiger partial charge in [-0.15, -0.1) is 0 Å². The number of allylic oxidation sites excluding steroid dienone is 10. The summed E-state index contributed by atoms with van der Waals surface area (Å²) in [6.45, 7) is 15.7. The van der Waals surface area contributed by atoms with Crippen LogP contribution in [0.15, 0.2) is 166 Å². The molecule has 3 aromatic carbocycles. The molecule has 6 heteroatoms. The predicted octanol–water partition coefficient (Wildman–Crippen LogP) is 14.8. The molecule has 256 valence electrons. The van der Waals surface area contributed by atoms with E-state index in [2.05, 4.69) is 151 Å². The molecule has 1 aliphatic rings. The van der Waals surface area contributed by atoms with E-state index in [0.717, 1.165) is 67.9 Å². The highest BCUT2D eigenvalue weighted by molar-refractivity contribution is 9.11. The Balaban J connectivity index is 0.000000286. The summed E-state index contributed by atoms with van der Waals surface area (Å²) >= 11 is 14.4. The lowest BCUT2D eigenvalue weighted by molar-refractivity contribution is 0.349. The fraction of sp³-hybridized carbons (Fsp3) is 0.209. The maximum Gasteiger partial charge on any atom is 0.135 e. The van der Waals surface area contributed by atoms with Gasteiger partial charge in [-0.1, -0.05) is 131 Å². The first-order chi connectivity index (χ1) is 23.8. The third kappa shape index (κ3) is 12.1. The second kappa shape index (κ2) is 22.0. The van der Waals surface area contributed by atoms with Gasteiger partial charge in [0.1, 0.15) is 24.7 Å². The molecule has 2 nitrogen and oxygen atoms in total. The van der Waals surface area contributed by atoms with Crippen LogP contribution in [-0.4, -0.2) is 13.2 Å². The van der Waals surface area contributed by atoms with Crippen LogP contribution in [0.1, 0.15) is 49.7 Å². The molecule has 0 N–H and O–H groups in total. The van der Waals surface area contributed by atoms with Crippen LogP contribution in [0.4, 0.5) is 0 Å². The molecule has 0 radical (unpaired) electrons. The van der Waals surface area contributed by atoms with E-state index in [0.29, 0.717) is 13.2 Å². The Morgan fingerprint density at radius 1 is 0.531 bits per heavy atom.